The van der Waals surface area contributed by atoms with Gasteiger partial charge in [0.25, 0.3) is 0 Å². The lowest BCUT2D eigenvalue weighted by Crippen LogP contribution is -2.27. The maximum atomic E-state index is 12.5. The number of ether oxygens (including phenoxy) is 4. The van der Waals surface area contributed by atoms with Gasteiger partial charge in [0, 0.05) is 18.5 Å². The van der Waals surface area contributed by atoms with E-state index in [1.165, 1.54) is 32.3 Å². The van der Waals surface area contributed by atoms with Gasteiger partial charge in [0.2, 0.25) is 5.91 Å². The van der Waals surface area contributed by atoms with Crippen molar-refractivity contribution < 1.29 is 33.3 Å². The number of nitrogens with zero attached hydrogens (tertiary/aromatic N) is 1. The summed E-state index contributed by atoms with van der Waals surface area (Å²) in [6.07, 6.45) is 0.0153. The minimum Gasteiger partial charge on any atom is -0.495 e. The van der Waals surface area contributed by atoms with Crippen LogP contribution in [0.5, 0.6) is 17.2 Å². The number of esters is 1. The third-order valence-electron chi connectivity index (χ3n) is 4.89. The van der Waals surface area contributed by atoms with E-state index < -0.39 is 18.5 Å². The molecule has 0 unspecified atom stereocenters. The molecule has 0 N–H and O–H groups in total. The number of amides is 1. The van der Waals surface area contributed by atoms with Crippen molar-refractivity contribution in [2.45, 2.75) is 6.42 Å². The van der Waals surface area contributed by atoms with Crippen molar-refractivity contribution in [3.8, 4) is 17.2 Å². The second-order valence-electron chi connectivity index (χ2n) is 6.68. The summed E-state index contributed by atoms with van der Waals surface area (Å²) in [6, 6.07) is 11.8. The summed E-state index contributed by atoms with van der Waals surface area (Å²) in [5.74, 6) is -0.378. The highest BCUT2D eigenvalue weighted by molar-refractivity contribution is 6.01. The van der Waals surface area contributed by atoms with Gasteiger partial charge in [-0.1, -0.05) is 12.1 Å². The van der Waals surface area contributed by atoms with Crippen molar-refractivity contribution in [3.63, 3.8) is 0 Å². The highest BCUT2D eigenvalue weighted by Gasteiger charge is 2.37. The fourth-order valence-corrected chi connectivity index (χ4v) is 3.30. The van der Waals surface area contributed by atoms with Crippen LogP contribution >= 0.6 is 0 Å². The molecular formula is C22H23NO7. The van der Waals surface area contributed by atoms with Crippen LogP contribution in [0.1, 0.15) is 16.8 Å². The van der Waals surface area contributed by atoms with Crippen molar-refractivity contribution >= 4 is 23.3 Å². The number of rotatable bonds is 8. The van der Waals surface area contributed by atoms with Crippen LogP contribution in [0.2, 0.25) is 0 Å². The zero-order valence-electron chi connectivity index (χ0n) is 17.0. The van der Waals surface area contributed by atoms with Crippen molar-refractivity contribution in [2.75, 3.05) is 39.4 Å². The number of para-hydroxylation sites is 2. The predicted octanol–water partition coefficient (Wildman–Crippen LogP) is 2.49. The molecule has 3 rings (SSSR count). The highest BCUT2D eigenvalue weighted by atomic mass is 16.5. The summed E-state index contributed by atoms with van der Waals surface area (Å²) in [6.45, 7) is -0.254. The molecule has 2 aromatic rings. The summed E-state index contributed by atoms with van der Waals surface area (Å²) >= 11 is 0. The maximum absolute atomic E-state index is 12.5. The summed E-state index contributed by atoms with van der Waals surface area (Å²) in [4.78, 5) is 38.8. The van der Waals surface area contributed by atoms with Gasteiger partial charge < -0.3 is 23.8 Å². The third-order valence-corrected chi connectivity index (χ3v) is 4.89. The topological polar surface area (TPSA) is 91.4 Å². The molecule has 0 saturated carbocycles. The Bertz CT molecular complexity index is 956. The summed E-state index contributed by atoms with van der Waals surface area (Å²) < 4.78 is 20.8. The summed E-state index contributed by atoms with van der Waals surface area (Å²) in [5.41, 5.74) is 0.931. The lowest BCUT2D eigenvalue weighted by atomic mass is 10.1. The first kappa shape index (κ1) is 21.2. The number of carbonyl (C=O) groups is 3. The van der Waals surface area contributed by atoms with Crippen molar-refractivity contribution in [1.82, 2.24) is 0 Å². The number of Topliss-reactive ketones (excluding diaryl/α,β-unsaturated/α-hetero) is 1. The lowest BCUT2D eigenvalue weighted by molar-refractivity contribution is -0.147. The average Bonchev–Trinajstić information content (AvgIpc) is 3.18. The number of anilines is 1. The molecule has 158 valence electrons. The van der Waals surface area contributed by atoms with Gasteiger partial charge in [-0.15, -0.1) is 0 Å². The van der Waals surface area contributed by atoms with Gasteiger partial charge in [-0.05, 0) is 30.3 Å². The van der Waals surface area contributed by atoms with E-state index in [-0.39, 0.29) is 24.7 Å². The standard InChI is InChI=1S/C22H23NO7/c1-27-18-7-5-4-6-16(18)23-12-15(11-21(23)25)22(26)30-13-17(24)14-8-9-19(28-2)20(10-14)29-3/h4-10,15H,11-13H2,1-3H3/t15-/m1/s1. The fraction of sp³-hybridized carbons (Fsp3) is 0.318. The number of methoxy groups -OCH3 is 3. The maximum Gasteiger partial charge on any atom is 0.311 e. The molecule has 0 bridgehead atoms. The van der Waals surface area contributed by atoms with Crippen LogP contribution in [0.15, 0.2) is 42.5 Å². The normalized spacial score (nSPS) is 15.6. The van der Waals surface area contributed by atoms with Gasteiger partial charge >= 0.3 is 5.97 Å². The van der Waals surface area contributed by atoms with E-state index in [4.69, 9.17) is 18.9 Å². The number of ketones is 1. The quantitative estimate of drug-likeness (QED) is 0.485. The van der Waals surface area contributed by atoms with Crippen LogP contribution in [0, 0.1) is 5.92 Å². The Labute approximate surface area is 174 Å². The van der Waals surface area contributed by atoms with Crippen LogP contribution in [-0.4, -0.2) is 52.1 Å². The Morgan fingerprint density at radius 3 is 2.37 bits per heavy atom. The number of benzene rings is 2. The monoisotopic (exact) mass is 413 g/mol. The first-order chi connectivity index (χ1) is 14.5. The predicted molar refractivity (Wildman–Crippen MR) is 108 cm³/mol. The van der Waals surface area contributed by atoms with Gasteiger partial charge in [-0.3, -0.25) is 14.4 Å². The average molecular weight is 413 g/mol. The van der Waals surface area contributed by atoms with Crippen LogP contribution in [0.3, 0.4) is 0 Å². The molecule has 8 heteroatoms. The van der Waals surface area contributed by atoms with E-state index in [2.05, 4.69) is 0 Å². The highest BCUT2D eigenvalue weighted by Crippen LogP contribution is 2.33. The molecule has 1 heterocycles. The fourth-order valence-electron chi connectivity index (χ4n) is 3.30. The zero-order valence-corrected chi connectivity index (χ0v) is 17.0. The van der Waals surface area contributed by atoms with E-state index in [1.54, 1.807) is 36.4 Å². The molecule has 2 aromatic carbocycles. The molecule has 1 atom stereocenters. The van der Waals surface area contributed by atoms with E-state index in [0.717, 1.165) is 0 Å². The number of hydrogen-bond donors (Lipinski definition) is 0. The Hall–Kier alpha value is -3.55. The van der Waals surface area contributed by atoms with Gasteiger partial charge in [-0.2, -0.15) is 0 Å². The molecule has 1 fully saturated rings. The molecule has 0 aromatic heterocycles. The van der Waals surface area contributed by atoms with E-state index in [9.17, 15) is 14.4 Å². The first-order valence-corrected chi connectivity index (χ1v) is 9.33. The largest absolute Gasteiger partial charge is 0.495 e. The summed E-state index contributed by atoms with van der Waals surface area (Å²) in [7, 11) is 4.49. The number of hydrogen-bond acceptors (Lipinski definition) is 7. The smallest absolute Gasteiger partial charge is 0.311 e. The minimum atomic E-state index is -0.652. The van der Waals surface area contributed by atoms with Crippen molar-refractivity contribution in [2.24, 2.45) is 5.92 Å². The second kappa shape index (κ2) is 9.30. The van der Waals surface area contributed by atoms with Gasteiger partial charge in [0.1, 0.15) is 5.75 Å². The van der Waals surface area contributed by atoms with Crippen LogP contribution in [0.4, 0.5) is 5.69 Å². The van der Waals surface area contributed by atoms with E-state index in [1.807, 2.05) is 0 Å². The Kier molecular flexibility index (Phi) is 6.56. The molecule has 1 aliphatic heterocycles. The Morgan fingerprint density at radius 2 is 1.67 bits per heavy atom. The SMILES string of the molecule is COc1ccc(C(=O)COC(=O)[C@@H]2CC(=O)N(c3ccccc3OC)C2)cc1OC. The van der Waals surface area contributed by atoms with Crippen LogP contribution in [0.25, 0.3) is 0 Å². The third kappa shape index (κ3) is 4.37. The lowest BCUT2D eigenvalue weighted by Gasteiger charge is -2.19. The molecular weight excluding hydrogens is 390 g/mol. The molecule has 0 aliphatic carbocycles. The van der Waals surface area contributed by atoms with Crippen LogP contribution < -0.4 is 19.1 Å². The van der Waals surface area contributed by atoms with Gasteiger partial charge in [0.05, 0.1) is 32.9 Å². The molecule has 1 amide bonds. The molecule has 30 heavy (non-hydrogen) atoms. The van der Waals surface area contributed by atoms with E-state index in [0.29, 0.717) is 28.5 Å². The van der Waals surface area contributed by atoms with Crippen LogP contribution in [-0.2, 0) is 14.3 Å². The molecule has 8 nitrogen and oxygen atoms in total. The van der Waals surface area contributed by atoms with E-state index >= 15 is 0 Å². The van der Waals surface area contributed by atoms with Gasteiger partial charge in [-0.25, -0.2) is 0 Å². The minimum absolute atomic E-state index is 0.0153. The number of carbonyl (C=O) groups excluding carboxylic acids is 3. The zero-order chi connectivity index (χ0) is 21.7. The van der Waals surface area contributed by atoms with Crippen molar-refractivity contribution in [3.05, 3.63) is 48.0 Å². The first-order valence-electron chi connectivity index (χ1n) is 9.33. The molecule has 1 saturated heterocycles. The Morgan fingerprint density at radius 1 is 0.967 bits per heavy atom. The molecule has 0 radical (unpaired) electrons. The molecule has 1 aliphatic rings. The molecule has 0 spiro atoms. The summed E-state index contributed by atoms with van der Waals surface area (Å²) in [5, 5.41) is 0. The van der Waals surface area contributed by atoms with Gasteiger partial charge in [0.15, 0.2) is 23.9 Å². The Balaban J connectivity index is 1.62. The second-order valence-corrected chi connectivity index (χ2v) is 6.68. The van der Waals surface area contributed by atoms with Crippen molar-refractivity contribution in [1.29, 1.82) is 0 Å².